The number of hydrogen-bond donors (Lipinski definition) is 2. The molecule has 0 aliphatic rings. The second-order valence-electron chi connectivity index (χ2n) is 7.59. The topological polar surface area (TPSA) is 97.8 Å². The Morgan fingerprint density at radius 2 is 1.79 bits per heavy atom. The lowest BCUT2D eigenvalue weighted by molar-refractivity contribution is -0.107. The molecule has 7 nitrogen and oxygen atoms in total. The number of rotatable bonds is 9. The lowest BCUT2D eigenvalue weighted by atomic mass is 10.2. The molecule has 4 aromatic rings. The molecule has 0 aliphatic heterocycles. The molecular weight excluding hydrogens is 418 g/mol. The Bertz CT molecular complexity index is 1260. The number of nitrogens with zero attached hydrogens (tertiary/aromatic N) is 1. The van der Waals surface area contributed by atoms with Crippen LogP contribution in [0.15, 0.2) is 77.2 Å². The Morgan fingerprint density at radius 1 is 1.06 bits per heavy atom. The number of anilines is 3. The van der Waals surface area contributed by atoms with Gasteiger partial charge in [-0.25, -0.2) is 0 Å². The van der Waals surface area contributed by atoms with Crippen molar-refractivity contribution in [2.24, 2.45) is 0 Å². The van der Waals surface area contributed by atoms with Gasteiger partial charge in [-0.1, -0.05) is 30.3 Å². The van der Waals surface area contributed by atoms with E-state index in [4.69, 9.17) is 14.9 Å². The third kappa shape index (κ3) is 4.98. The van der Waals surface area contributed by atoms with Crippen LogP contribution in [-0.4, -0.2) is 25.5 Å². The molecule has 0 radical (unpaired) electrons. The number of para-hydroxylation sites is 3. The highest BCUT2D eigenvalue weighted by molar-refractivity contribution is 6.05. The highest BCUT2D eigenvalue weighted by Gasteiger charge is 2.16. The van der Waals surface area contributed by atoms with Crippen molar-refractivity contribution in [2.75, 3.05) is 29.1 Å². The van der Waals surface area contributed by atoms with Gasteiger partial charge < -0.3 is 20.2 Å². The first-order valence-corrected chi connectivity index (χ1v) is 10.7. The van der Waals surface area contributed by atoms with E-state index in [0.717, 1.165) is 22.9 Å². The summed E-state index contributed by atoms with van der Waals surface area (Å²) in [6.07, 6.45) is 1.39. The average molecular weight is 444 g/mol. The number of benzene rings is 3. The monoisotopic (exact) mass is 443 g/mol. The quantitative estimate of drug-likeness (QED) is 0.215. The van der Waals surface area contributed by atoms with Crippen molar-refractivity contribution in [3.63, 3.8) is 0 Å². The van der Waals surface area contributed by atoms with Crippen LogP contribution in [0.2, 0.25) is 0 Å². The van der Waals surface area contributed by atoms with Gasteiger partial charge in [0.05, 0.1) is 18.0 Å². The van der Waals surface area contributed by atoms with E-state index in [2.05, 4.69) is 5.32 Å². The van der Waals surface area contributed by atoms with Crippen LogP contribution in [0.3, 0.4) is 0 Å². The van der Waals surface area contributed by atoms with Gasteiger partial charge in [0, 0.05) is 23.1 Å². The Labute approximate surface area is 191 Å². The number of amides is 2. The van der Waals surface area contributed by atoms with Gasteiger partial charge in [0.2, 0.25) is 12.3 Å². The second kappa shape index (κ2) is 9.91. The Kier molecular flexibility index (Phi) is 6.59. The van der Waals surface area contributed by atoms with Crippen LogP contribution < -0.4 is 20.7 Å². The minimum Gasteiger partial charge on any atom is -0.494 e. The van der Waals surface area contributed by atoms with Crippen LogP contribution >= 0.6 is 0 Å². The van der Waals surface area contributed by atoms with Crippen molar-refractivity contribution in [2.45, 2.75) is 13.3 Å². The summed E-state index contributed by atoms with van der Waals surface area (Å²) in [6, 6.07) is 21.7. The van der Waals surface area contributed by atoms with Gasteiger partial charge in [0.1, 0.15) is 11.3 Å². The van der Waals surface area contributed by atoms with Gasteiger partial charge in [-0.2, -0.15) is 0 Å². The lowest BCUT2D eigenvalue weighted by Gasteiger charge is -2.15. The third-order valence-corrected chi connectivity index (χ3v) is 5.34. The summed E-state index contributed by atoms with van der Waals surface area (Å²) >= 11 is 0. The van der Waals surface area contributed by atoms with E-state index < -0.39 is 0 Å². The normalized spacial score (nSPS) is 10.7. The fraction of sp³-hybridized carbons (Fsp3) is 0.154. The van der Waals surface area contributed by atoms with Crippen LogP contribution in [0.1, 0.15) is 22.3 Å². The maximum Gasteiger partial charge on any atom is 0.255 e. The van der Waals surface area contributed by atoms with Crippen molar-refractivity contribution in [3.05, 3.63) is 83.9 Å². The van der Waals surface area contributed by atoms with Crippen LogP contribution in [0.5, 0.6) is 5.75 Å². The van der Waals surface area contributed by atoms with E-state index in [1.54, 1.807) is 41.3 Å². The molecule has 0 unspecified atom stereocenters. The standard InChI is InChI=1S/C26H25N3O4/c1-18-21-7-2-5-10-24(21)33-26(18)29(17-30)15-6-16-32-20-13-11-19(12-14-20)25(31)28-23-9-4-3-8-22(23)27/h2-5,7-14,17H,6,15-16,27H2,1H3,(H,28,31). The average Bonchev–Trinajstić information content (AvgIpc) is 3.17. The fourth-order valence-electron chi connectivity index (χ4n) is 3.57. The predicted octanol–water partition coefficient (Wildman–Crippen LogP) is 5.01. The SMILES string of the molecule is Cc1c(N(C=O)CCCOc2ccc(C(=O)Nc3ccccc3N)cc2)oc2ccccc12. The number of hydrogen-bond acceptors (Lipinski definition) is 5. The highest BCUT2D eigenvalue weighted by atomic mass is 16.5. The van der Waals surface area contributed by atoms with E-state index in [1.807, 2.05) is 43.3 Å². The zero-order valence-electron chi connectivity index (χ0n) is 18.3. The number of aryl methyl sites for hydroxylation is 1. The molecule has 2 amide bonds. The summed E-state index contributed by atoms with van der Waals surface area (Å²) in [7, 11) is 0. The smallest absolute Gasteiger partial charge is 0.255 e. The maximum atomic E-state index is 12.4. The van der Waals surface area contributed by atoms with E-state index in [9.17, 15) is 9.59 Å². The third-order valence-electron chi connectivity index (χ3n) is 5.34. The van der Waals surface area contributed by atoms with Crippen LogP contribution in [0.4, 0.5) is 17.3 Å². The van der Waals surface area contributed by atoms with Crippen LogP contribution in [-0.2, 0) is 4.79 Å². The predicted molar refractivity (Wildman–Crippen MR) is 130 cm³/mol. The van der Waals surface area contributed by atoms with Crippen molar-refractivity contribution in [3.8, 4) is 5.75 Å². The van der Waals surface area contributed by atoms with E-state index in [0.29, 0.717) is 48.1 Å². The molecular formula is C26H25N3O4. The molecule has 4 rings (SSSR count). The molecule has 7 heteroatoms. The summed E-state index contributed by atoms with van der Waals surface area (Å²) in [6.45, 7) is 2.82. The van der Waals surface area contributed by atoms with Crippen molar-refractivity contribution in [1.29, 1.82) is 0 Å². The summed E-state index contributed by atoms with van der Waals surface area (Å²) in [4.78, 5) is 25.6. The minimum absolute atomic E-state index is 0.248. The molecule has 0 aliphatic carbocycles. The van der Waals surface area contributed by atoms with Crippen LogP contribution in [0, 0.1) is 6.92 Å². The number of nitrogen functional groups attached to an aromatic ring is 1. The molecule has 3 N–H and O–H groups in total. The number of nitrogens with one attached hydrogen (secondary N) is 1. The summed E-state index contributed by atoms with van der Waals surface area (Å²) in [5.41, 5.74) is 9.14. The van der Waals surface area contributed by atoms with Crippen molar-refractivity contribution >= 4 is 40.5 Å². The Morgan fingerprint density at radius 3 is 2.52 bits per heavy atom. The second-order valence-corrected chi connectivity index (χ2v) is 7.59. The summed E-state index contributed by atoms with van der Waals surface area (Å²) in [5.74, 6) is 0.950. The summed E-state index contributed by atoms with van der Waals surface area (Å²) < 4.78 is 11.6. The molecule has 0 saturated carbocycles. The highest BCUT2D eigenvalue weighted by Crippen LogP contribution is 2.31. The lowest BCUT2D eigenvalue weighted by Crippen LogP contribution is -2.24. The maximum absolute atomic E-state index is 12.4. The number of carbonyl (C=O) groups excluding carboxylic acids is 2. The zero-order chi connectivity index (χ0) is 23.2. The first-order valence-electron chi connectivity index (χ1n) is 10.7. The fourth-order valence-corrected chi connectivity index (χ4v) is 3.57. The van der Waals surface area contributed by atoms with Gasteiger partial charge in [-0.15, -0.1) is 0 Å². The van der Waals surface area contributed by atoms with Gasteiger partial charge in [0.25, 0.3) is 5.91 Å². The molecule has 168 valence electrons. The van der Waals surface area contributed by atoms with E-state index >= 15 is 0 Å². The number of fused-ring (bicyclic) bond motifs is 1. The number of nitrogens with two attached hydrogens (primary N) is 1. The molecule has 0 bridgehead atoms. The van der Waals surface area contributed by atoms with Crippen molar-refractivity contribution in [1.82, 2.24) is 0 Å². The molecule has 0 atom stereocenters. The molecule has 33 heavy (non-hydrogen) atoms. The molecule has 0 fully saturated rings. The Balaban J connectivity index is 1.29. The molecule has 3 aromatic carbocycles. The van der Waals surface area contributed by atoms with Crippen molar-refractivity contribution < 1.29 is 18.7 Å². The molecule has 0 spiro atoms. The number of carbonyl (C=O) groups is 2. The first-order chi connectivity index (χ1) is 16.1. The van der Waals surface area contributed by atoms with E-state index in [-0.39, 0.29) is 5.91 Å². The Hall–Kier alpha value is -4.26. The summed E-state index contributed by atoms with van der Waals surface area (Å²) in [5, 5.41) is 3.79. The van der Waals surface area contributed by atoms with Gasteiger partial charge in [0.15, 0.2) is 0 Å². The van der Waals surface area contributed by atoms with E-state index in [1.165, 1.54) is 0 Å². The zero-order valence-corrected chi connectivity index (χ0v) is 18.3. The molecule has 1 aromatic heterocycles. The van der Waals surface area contributed by atoms with Gasteiger partial charge in [-0.3, -0.25) is 14.5 Å². The number of furan rings is 1. The molecule has 1 heterocycles. The van der Waals surface area contributed by atoms with Crippen LogP contribution in [0.25, 0.3) is 11.0 Å². The van der Waals surface area contributed by atoms with Gasteiger partial charge in [-0.05, 0) is 55.8 Å². The largest absolute Gasteiger partial charge is 0.494 e. The van der Waals surface area contributed by atoms with Gasteiger partial charge >= 0.3 is 0 Å². The molecule has 0 saturated heterocycles. The minimum atomic E-state index is -0.248. The number of ether oxygens (including phenoxy) is 1. The first kappa shape index (κ1) is 22.0.